The van der Waals surface area contributed by atoms with Crippen molar-refractivity contribution in [1.29, 1.82) is 0 Å². The number of para-hydroxylation sites is 1. The fourth-order valence-corrected chi connectivity index (χ4v) is 2.79. The average Bonchev–Trinajstić information content (AvgIpc) is 2.47. The third kappa shape index (κ3) is 2.56. The quantitative estimate of drug-likeness (QED) is 0.515. The van der Waals surface area contributed by atoms with Gasteiger partial charge in [0.05, 0.1) is 11.3 Å². The summed E-state index contributed by atoms with van der Waals surface area (Å²) < 4.78 is 0. The lowest BCUT2D eigenvalue weighted by molar-refractivity contribution is 0.300. The first-order chi connectivity index (χ1) is 9.49. The summed E-state index contributed by atoms with van der Waals surface area (Å²) in [6.07, 6.45) is 2.13. The molecular formula is C16H21N2O2-. The van der Waals surface area contributed by atoms with Crippen LogP contribution in [0.2, 0.25) is 0 Å². The van der Waals surface area contributed by atoms with Crippen molar-refractivity contribution in [1.82, 2.24) is 0 Å². The molecule has 2 rings (SSSR count). The van der Waals surface area contributed by atoms with Gasteiger partial charge in [-0.25, -0.2) is 0 Å². The van der Waals surface area contributed by atoms with E-state index in [9.17, 15) is 10.4 Å². The summed E-state index contributed by atoms with van der Waals surface area (Å²) in [7, 11) is 0. The number of allylic oxidation sites excluding steroid dienone is 1. The van der Waals surface area contributed by atoms with Crippen molar-refractivity contribution in [2.24, 2.45) is 11.1 Å². The molecule has 0 spiro atoms. The highest BCUT2D eigenvalue weighted by Gasteiger charge is 2.39. The summed E-state index contributed by atoms with van der Waals surface area (Å²) in [5.41, 5.74) is 1.41. The number of nitrogens with zero attached hydrogens (tertiary/aromatic N) is 2. The maximum Gasteiger partial charge on any atom is 0.0821 e. The van der Waals surface area contributed by atoms with Crippen LogP contribution < -0.4 is 5.06 Å². The lowest BCUT2D eigenvalue weighted by Crippen LogP contribution is -2.53. The number of oxime groups is 1. The molecule has 2 atom stereocenters. The topological polar surface area (TPSA) is 58.9 Å². The second kappa shape index (κ2) is 5.67. The van der Waals surface area contributed by atoms with Crippen LogP contribution >= 0.6 is 0 Å². The Labute approximate surface area is 120 Å². The number of hydrogen-bond donors (Lipinski definition) is 1. The van der Waals surface area contributed by atoms with Crippen molar-refractivity contribution in [3.63, 3.8) is 0 Å². The monoisotopic (exact) mass is 273 g/mol. The maximum atomic E-state index is 12.7. The third-order valence-electron chi connectivity index (χ3n) is 4.30. The average molecular weight is 273 g/mol. The smallest absolute Gasteiger partial charge is 0.0821 e. The van der Waals surface area contributed by atoms with E-state index in [0.717, 1.165) is 17.1 Å². The van der Waals surface area contributed by atoms with E-state index in [2.05, 4.69) is 11.7 Å². The van der Waals surface area contributed by atoms with Crippen molar-refractivity contribution in [3.05, 3.63) is 47.7 Å². The number of hydroxylamine groups is 1. The number of rotatable bonds is 3. The molecule has 1 saturated carbocycles. The zero-order valence-corrected chi connectivity index (χ0v) is 12.0. The summed E-state index contributed by atoms with van der Waals surface area (Å²) in [6.45, 7) is 7.79. The van der Waals surface area contributed by atoms with Gasteiger partial charge in [-0.1, -0.05) is 35.5 Å². The van der Waals surface area contributed by atoms with E-state index in [0.29, 0.717) is 24.2 Å². The molecule has 1 aliphatic carbocycles. The Morgan fingerprint density at radius 3 is 2.65 bits per heavy atom. The molecule has 0 heterocycles. The molecule has 4 nitrogen and oxygen atoms in total. The van der Waals surface area contributed by atoms with E-state index >= 15 is 0 Å². The number of anilines is 1. The van der Waals surface area contributed by atoms with E-state index < -0.39 is 5.54 Å². The van der Waals surface area contributed by atoms with E-state index in [1.165, 1.54) is 0 Å². The lowest BCUT2D eigenvalue weighted by atomic mass is 9.73. The molecule has 1 aliphatic rings. The van der Waals surface area contributed by atoms with Crippen molar-refractivity contribution >= 4 is 11.4 Å². The molecule has 1 aromatic carbocycles. The van der Waals surface area contributed by atoms with Crippen LogP contribution in [0, 0.1) is 11.1 Å². The zero-order valence-electron chi connectivity index (χ0n) is 12.0. The fraction of sp³-hybridized carbons (Fsp3) is 0.438. The van der Waals surface area contributed by atoms with Gasteiger partial charge in [-0.2, -0.15) is 0 Å². The van der Waals surface area contributed by atoms with Crippen LogP contribution in [0.15, 0.2) is 47.6 Å². The Morgan fingerprint density at radius 1 is 1.45 bits per heavy atom. The normalized spacial score (nSPS) is 28.4. The number of benzene rings is 1. The Balaban J connectivity index is 2.28. The number of hydrogen-bond acceptors (Lipinski definition) is 4. The summed E-state index contributed by atoms with van der Waals surface area (Å²) in [5, 5.41) is 26.4. The summed E-state index contributed by atoms with van der Waals surface area (Å²) in [6, 6.07) is 9.09. The van der Waals surface area contributed by atoms with Crippen LogP contribution in [0.5, 0.6) is 0 Å². The van der Waals surface area contributed by atoms with Crippen LogP contribution in [-0.2, 0) is 0 Å². The molecule has 0 radical (unpaired) electrons. The minimum atomic E-state index is -0.790. The molecular weight excluding hydrogens is 252 g/mol. The fourth-order valence-electron chi connectivity index (χ4n) is 2.79. The summed E-state index contributed by atoms with van der Waals surface area (Å²) in [4.78, 5) is 0. The zero-order chi connectivity index (χ0) is 14.8. The van der Waals surface area contributed by atoms with Gasteiger partial charge in [-0.15, -0.1) is 0 Å². The van der Waals surface area contributed by atoms with Crippen LogP contribution in [0.3, 0.4) is 0 Å². The van der Waals surface area contributed by atoms with Gasteiger partial charge in [-0.3, -0.25) is 0 Å². The maximum absolute atomic E-state index is 12.7. The first-order valence-corrected chi connectivity index (χ1v) is 6.88. The molecule has 0 bridgehead atoms. The second-order valence-corrected chi connectivity index (χ2v) is 5.74. The standard InChI is InChI=1S/C16H21N2O2/c1-12(2)13-9-10-16(3,15(11-13)17-19)18(20)14-7-5-4-6-8-14/h4-8,13,19H,1,9-11H2,2-3H3/q-1/b17-15+/t13-,16+/m1/s1. The van der Waals surface area contributed by atoms with Crippen molar-refractivity contribution in [3.8, 4) is 0 Å². The van der Waals surface area contributed by atoms with Crippen molar-refractivity contribution in [2.45, 2.75) is 38.6 Å². The van der Waals surface area contributed by atoms with E-state index in [1.54, 1.807) is 12.1 Å². The molecule has 1 fully saturated rings. The van der Waals surface area contributed by atoms with Crippen LogP contribution in [0.1, 0.15) is 33.1 Å². The highest BCUT2D eigenvalue weighted by atomic mass is 16.5. The Morgan fingerprint density at radius 2 is 2.10 bits per heavy atom. The molecule has 4 heteroatoms. The van der Waals surface area contributed by atoms with E-state index in [1.807, 2.05) is 32.0 Å². The van der Waals surface area contributed by atoms with Gasteiger partial charge in [-0.05, 0) is 51.2 Å². The van der Waals surface area contributed by atoms with Crippen LogP contribution in [-0.4, -0.2) is 16.5 Å². The predicted molar refractivity (Wildman–Crippen MR) is 82.1 cm³/mol. The molecule has 0 aliphatic heterocycles. The highest BCUT2D eigenvalue weighted by Crippen LogP contribution is 2.38. The van der Waals surface area contributed by atoms with Gasteiger partial charge in [0.25, 0.3) is 0 Å². The van der Waals surface area contributed by atoms with Gasteiger partial charge in [0.15, 0.2) is 0 Å². The Kier molecular flexibility index (Phi) is 4.14. The minimum Gasteiger partial charge on any atom is -0.758 e. The lowest BCUT2D eigenvalue weighted by Gasteiger charge is -2.51. The summed E-state index contributed by atoms with van der Waals surface area (Å²) in [5.74, 6) is 0.290. The minimum absolute atomic E-state index is 0.290. The van der Waals surface area contributed by atoms with Crippen LogP contribution in [0.4, 0.5) is 5.69 Å². The van der Waals surface area contributed by atoms with E-state index in [4.69, 9.17) is 0 Å². The van der Waals surface area contributed by atoms with Crippen molar-refractivity contribution < 1.29 is 5.21 Å². The first-order valence-electron chi connectivity index (χ1n) is 6.88. The van der Waals surface area contributed by atoms with Gasteiger partial charge in [0, 0.05) is 5.69 Å². The SMILES string of the molecule is C=C(C)[C@@H]1CC[C@](C)(N([O-])c2ccccc2)/C(=N/O)C1. The molecule has 0 aromatic heterocycles. The molecule has 0 amide bonds. The Bertz CT molecular complexity index is 512. The molecule has 1 aromatic rings. The third-order valence-corrected chi connectivity index (χ3v) is 4.30. The van der Waals surface area contributed by atoms with Gasteiger partial charge in [0.2, 0.25) is 0 Å². The Hall–Kier alpha value is -1.81. The van der Waals surface area contributed by atoms with Gasteiger partial charge >= 0.3 is 0 Å². The second-order valence-electron chi connectivity index (χ2n) is 5.74. The van der Waals surface area contributed by atoms with Gasteiger partial charge in [0.1, 0.15) is 0 Å². The molecule has 1 N–H and O–H groups in total. The predicted octanol–water partition coefficient (Wildman–Crippen LogP) is 3.96. The largest absolute Gasteiger partial charge is 0.758 e. The molecule has 108 valence electrons. The molecule has 0 saturated heterocycles. The first kappa shape index (κ1) is 14.6. The van der Waals surface area contributed by atoms with Crippen molar-refractivity contribution in [2.75, 3.05) is 5.06 Å². The summed E-state index contributed by atoms with van der Waals surface area (Å²) >= 11 is 0. The van der Waals surface area contributed by atoms with Crippen LogP contribution in [0.25, 0.3) is 0 Å². The van der Waals surface area contributed by atoms with E-state index in [-0.39, 0.29) is 5.92 Å². The molecule has 0 unspecified atom stereocenters. The highest BCUT2D eigenvalue weighted by molar-refractivity contribution is 5.97. The molecule has 20 heavy (non-hydrogen) atoms. The van der Waals surface area contributed by atoms with Gasteiger partial charge < -0.3 is 15.5 Å².